The lowest BCUT2D eigenvalue weighted by Crippen LogP contribution is -2.45. The van der Waals surface area contributed by atoms with E-state index in [0.717, 1.165) is 57.8 Å². The lowest BCUT2D eigenvalue weighted by Gasteiger charge is -2.22. The summed E-state index contributed by atoms with van der Waals surface area (Å²) < 4.78 is 0. The Hall–Kier alpha value is -1.91. The van der Waals surface area contributed by atoms with Gasteiger partial charge in [-0.1, -0.05) is 351 Å². The van der Waals surface area contributed by atoms with E-state index in [1.807, 2.05) is 0 Å². The van der Waals surface area contributed by atoms with E-state index >= 15 is 0 Å². The van der Waals surface area contributed by atoms with E-state index in [1.165, 1.54) is 270 Å². The van der Waals surface area contributed by atoms with E-state index in [-0.39, 0.29) is 12.5 Å². The first-order chi connectivity index (χ1) is 36.2. The Morgan fingerprint density at radius 2 is 0.603 bits per heavy atom. The second-order valence-corrected chi connectivity index (χ2v) is 22.5. The third kappa shape index (κ3) is 60.8. The van der Waals surface area contributed by atoms with Crippen molar-refractivity contribution in [2.45, 2.75) is 366 Å². The Labute approximate surface area is 457 Å². The van der Waals surface area contributed by atoms with Crippen LogP contribution >= 0.6 is 0 Å². The number of carbonyl (C=O) groups excluding carboxylic acids is 1. The monoisotopic (exact) mass is 1020 g/mol. The number of nitrogens with one attached hydrogen (secondary N) is 1. The summed E-state index contributed by atoms with van der Waals surface area (Å²) in [5.41, 5.74) is 0. The van der Waals surface area contributed by atoms with E-state index in [1.54, 1.807) is 0 Å². The van der Waals surface area contributed by atoms with Crippen molar-refractivity contribution in [3.63, 3.8) is 0 Å². The van der Waals surface area contributed by atoms with Gasteiger partial charge in [0.2, 0.25) is 5.91 Å². The number of aliphatic hydroxyl groups excluding tert-OH is 2. The Balaban J connectivity index is 3.41. The van der Waals surface area contributed by atoms with Crippen LogP contribution in [-0.2, 0) is 4.79 Å². The summed E-state index contributed by atoms with van der Waals surface area (Å²) in [6.07, 6.45) is 91.1. The maximum absolute atomic E-state index is 12.5. The molecular formula is C69H129NO3. The Kier molecular flexibility index (Phi) is 62.7. The van der Waals surface area contributed by atoms with Crippen molar-refractivity contribution in [2.75, 3.05) is 6.61 Å². The molecule has 0 bridgehead atoms. The van der Waals surface area contributed by atoms with Crippen LogP contribution in [-0.4, -0.2) is 34.9 Å². The van der Waals surface area contributed by atoms with Gasteiger partial charge in [-0.2, -0.15) is 0 Å². The highest BCUT2D eigenvalue weighted by Gasteiger charge is 2.20. The molecule has 0 aromatic rings. The molecule has 0 spiro atoms. The number of hydrogen-bond acceptors (Lipinski definition) is 3. The zero-order valence-electron chi connectivity index (χ0n) is 49.4. The summed E-state index contributed by atoms with van der Waals surface area (Å²) in [5.74, 6) is -0.0248. The van der Waals surface area contributed by atoms with Crippen LogP contribution < -0.4 is 5.32 Å². The van der Waals surface area contributed by atoms with Gasteiger partial charge in [-0.25, -0.2) is 0 Å². The Morgan fingerprint density at radius 1 is 0.342 bits per heavy atom. The average Bonchev–Trinajstić information content (AvgIpc) is 3.40. The molecule has 0 fully saturated rings. The molecule has 428 valence electrons. The van der Waals surface area contributed by atoms with Crippen molar-refractivity contribution in [1.82, 2.24) is 5.32 Å². The van der Waals surface area contributed by atoms with Crippen molar-refractivity contribution in [3.8, 4) is 0 Å². The molecule has 0 heterocycles. The minimum absolute atomic E-state index is 0.0248. The van der Waals surface area contributed by atoms with Crippen molar-refractivity contribution >= 4 is 5.91 Å². The average molecular weight is 1020 g/mol. The molecule has 0 aliphatic carbocycles. The Bertz CT molecular complexity index is 1200. The summed E-state index contributed by atoms with van der Waals surface area (Å²) in [4.78, 5) is 12.5. The Morgan fingerprint density at radius 3 is 0.904 bits per heavy atom. The van der Waals surface area contributed by atoms with Crippen LogP contribution in [0.25, 0.3) is 0 Å². The predicted molar refractivity (Wildman–Crippen MR) is 327 cm³/mol. The number of unbranched alkanes of at least 4 members (excludes halogenated alkanes) is 44. The first-order valence-corrected chi connectivity index (χ1v) is 33.0. The van der Waals surface area contributed by atoms with Gasteiger partial charge in [0.1, 0.15) is 0 Å². The van der Waals surface area contributed by atoms with Gasteiger partial charge in [-0.05, 0) is 57.8 Å². The maximum atomic E-state index is 12.5. The largest absolute Gasteiger partial charge is 0.394 e. The van der Waals surface area contributed by atoms with Gasteiger partial charge in [0.15, 0.2) is 0 Å². The van der Waals surface area contributed by atoms with E-state index in [4.69, 9.17) is 0 Å². The quantitative estimate of drug-likeness (QED) is 0.0420. The normalized spacial score (nSPS) is 13.1. The summed E-state index contributed by atoms with van der Waals surface area (Å²) in [5, 5.41) is 23.4. The highest BCUT2D eigenvalue weighted by molar-refractivity contribution is 5.76. The van der Waals surface area contributed by atoms with Gasteiger partial charge >= 0.3 is 0 Å². The van der Waals surface area contributed by atoms with Crippen molar-refractivity contribution < 1.29 is 15.0 Å². The van der Waals surface area contributed by atoms with Crippen LogP contribution in [0.15, 0.2) is 60.8 Å². The second-order valence-electron chi connectivity index (χ2n) is 22.5. The molecule has 0 rings (SSSR count). The molecule has 2 atom stereocenters. The van der Waals surface area contributed by atoms with E-state index in [0.29, 0.717) is 12.8 Å². The fourth-order valence-electron chi connectivity index (χ4n) is 10.3. The molecular weight excluding hydrogens is 891 g/mol. The number of allylic oxidation sites excluding steroid dienone is 10. The van der Waals surface area contributed by atoms with Crippen LogP contribution in [0.2, 0.25) is 0 Å². The van der Waals surface area contributed by atoms with E-state index in [2.05, 4.69) is 79.9 Å². The molecule has 0 aliphatic rings. The van der Waals surface area contributed by atoms with Crippen molar-refractivity contribution in [2.24, 2.45) is 0 Å². The van der Waals surface area contributed by atoms with Crippen molar-refractivity contribution in [1.29, 1.82) is 0 Å². The molecule has 4 heteroatoms. The lowest BCUT2D eigenvalue weighted by molar-refractivity contribution is -0.123. The van der Waals surface area contributed by atoms with Gasteiger partial charge in [0, 0.05) is 6.42 Å². The molecule has 2 unspecified atom stereocenters. The topological polar surface area (TPSA) is 69.6 Å². The van der Waals surface area contributed by atoms with Crippen LogP contribution in [0.1, 0.15) is 354 Å². The fourth-order valence-corrected chi connectivity index (χ4v) is 10.3. The third-order valence-electron chi connectivity index (χ3n) is 15.3. The fraction of sp³-hybridized carbons (Fsp3) is 0.841. The number of aliphatic hydroxyl groups is 2. The summed E-state index contributed by atoms with van der Waals surface area (Å²) in [6.45, 7) is 4.28. The summed E-state index contributed by atoms with van der Waals surface area (Å²) >= 11 is 0. The molecule has 0 saturated heterocycles. The zero-order chi connectivity index (χ0) is 52.7. The molecule has 3 N–H and O–H groups in total. The maximum Gasteiger partial charge on any atom is 0.220 e. The van der Waals surface area contributed by atoms with Crippen LogP contribution in [0, 0.1) is 0 Å². The van der Waals surface area contributed by atoms with Gasteiger partial charge in [-0.3, -0.25) is 4.79 Å². The van der Waals surface area contributed by atoms with Crippen molar-refractivity contribution in [3.05, 3.63) is 60.8 Å². The van der Waals surface area contributed by atoms with Gasteiger partial charge in [-0.15, -0.1) is 0 Å². The minimum atomic E-state index is -0.660. The molecule has 4 nitrogen and oxygen atoms in total. The zero-order valence-corrected chi connectivity index (χ0v) is 49.4. The number of rotatable bonds is 61. The predicted octanol–water partition coefficient (Wildman–Crippen LogP) is 22.3. The molecule has 0 aliphatic heterocycles. The first-order valence-electron chi connectivity index (χ1n) is 33.0. The lowest BCUT2D eigenvalue weighted by atomic mass is 10.0. The molecule has 1 amide bonds. The third-order valence-corrected chi connectivity index (χ3v) is 15.3. The van der Waals surface area contributed by atoms with Gasteiger partial charge in [0.05, 0.1) is 18.8 Å². The standard InChI is InChI=1S/C69H129NO3/c1-3-5-7-9-11-13-15-17-19-21-23-25-27-29-30-31-32-33-34-35-36-37-38-39-40-41-43-45-47-49-51-53-55-57-59-61-63-65-69(73)70-67(66-71)68(72)64-62-60-58-56-54-52-50-48-46-44-42-28-26-24-22-20-18-16-14-12-10-8-6-4-2/h5,7,11,13,17,19,23,25,29-30,67-68,71-72H,3-4,6,8-10,12,14-16,18,20-22,24,26-28,31-66H2,1-2H3,(H,70,73)/b7-5-,13-11-,19-17-,25-23-,30-29-. The molecule has 0 saturated carbocycles. The highest BCUT2D eigenvalue weighted by atomic mass is 16.3. The molecule has 0 aromatic carbocycles. The molecule has 73 heavy (non-hydrogen) atoms. The van der Waals surface area contributed by atoms with Crippen LogP contribution in [0.4, 0.5) is 0 Å². The molecule has 0 aromatic heterocycles. The number of carbonyl (C=O) groups is 1. The number of amides is 1. The smallest absolute Gasteiger partial charge is 0.220 e. The van der Waals surface area contributed by atoms with E-state index < -0.39 is 12.1 Å². The first kappa shape index (κ1) is 71.1. The highest BCUT2D eigenvalue weighted by Crippen LogP contribution is 2.19. The summed E-state index contributed by atoms with van der Waals surface area (Å²) in [6, 6.07) is -0.537. The van der Waals surface area contributed by atoms with Gasteiger partial charge < -0.3 is 15.5 Å². The second kappa shape index (κ2) is 64.4. The SMILES string of the molecule is CC/C=C\C/C=C\C/C=C\C/C=C\C/C=C\CCCCCCCCCCCCCCCCCCCCCCCC(=O)NC(CO)C(O)CCCCCCCCCCCCCCCCCCCCCCCCCC. The minimum Gasteiger partial charge on any atom is -0.394 e. The number of hydrogen-bond donors (Lipinski definition) is 3. The molecule has 0 radical (unpaired) electrons. The summed E-state index contributed by atoms with van der Waals surface area (Å²) in [7, 11) is 0. The van der Waals surface area contributed by atoms with Gasteiger partial charge in [0.25, 0.3) is 0 Å². The van der Waals surface area contributed by atoms with E-state index in [9.17, 15) is 15.0 Å². The van der Waals surface area contributed by atoms with Crippen LogP contribution in [0.3, 0.4) is 0 Å². The van der Waals surface area contributed by atoms with Crippen LogP contribution in [0.5, 0.6) is 0 Å².